The lowest BCUT2D eigenvalue weighted by Crippen LogP contribution is -1.95. The Balaban J connectivity index is 2.28. The predicted octanol–water partition coefficient (Wildman–Crippen LogP) is 6.60. The van der Waals surface area contributed by atoms with Gasteiger partial charge in [-0.2, -0.15) is 0 Å². The minimum absolute atomic E-state index is 0.0357. The van der Waals surface area contributed by atoms with Crippen LogP contribution in [0.15, 0.2) is 59.2 Å². The standard InChI is InChI=1S/C25H30O3/c1-17(2)6-5-7-18(3)19(4)14-24-21(15-23(27)16-25(24)28)11-8-20-9-12-22(26)13-10-20/h6,8-13,15-16,26-28H,5,7,14H2,1-4H3/b11-8?,19-18+. The van der Waals surface area contributed by atoms with Crippen LogP contribution in [-0.4, -0.2) is 15.3 Å². The van der Waals surface area contributed by atoms with E-state index in [2.05, 4.69) is 33.8 Å². The highest BCUT2D eigenvalue weighted by Gasteiger charge is 2.11. The van der Waals surface area contributed by atoms with Crippen LogP contribution in [0.2, 0.25) is 0 Å². The predicted molar refractivity (Wildman–Crippen MR) is 118 cm³/mol. The number of aromatic hydroxyl groups is 3. The minimum Gasteiger partial charge on any atom is -0.508 e. The average molecular weight is 379 g/mol. The van der Waals surface area contributed by atoms with Crippen molar-refractivity contribution in [2.75, 3.05) is 0 Å². The summed E-state index contributed by atoms with van der Waals surface area (Å²) in [6, 6.07) is 9.93. The van der Waals surface area contributed by atoms with Crippen molar-refractivity contribution in [2.45, 2.75) is 47.0 Å². The van der Waals surface area contributed by atoms with Gasteiger partial charge in [-0.1, -0.05) is 47.1 Å². The molecule has 0 spiro atoms. The molecule has 3 N–H and O–H groups in total. The number of hydrogen-bond donors (Lipinski definition) is 3. The molecule has 0 saturated heterocycles. The topological polar surface area (TPSA) is 60.7 Å². The summed E-state index contributed by atoms with van der Waals surface area (Å²) in [5, 5.41) is 29.7. The van der Waals surface area contributed by atoms with Gasteiger partial charge < -0.3 is 15.3 Å². The zero-order chi connectivity index (χ0) is 20.7. The van der Waals surface area contributed by atoms with Crippen molar-refractivity contribution >= 4 is 12.2 Å². The first-order chi connectivity index (χ1) is 13.3. The molecule has 0 aliphatic heterocycles. The molecule has 0 saturated carbocycles. The van der Waals surface area contributed by atoms with Crippen LogP contribution in [0.5, 0.6) is 17.2 Å². The van der Waals surface area contributed by atoms with E-state index in [-0.39, 0.29) is 17.2 Å². The third-order valence-corrected chi connectivity index (χ3v) is 4.84. The fourth-order valence-corrected chi connectivity index (χ4v) is 2.98. The van der Waals surface area contributed by atoms with E-state index in [1.54, 1.807) is 18.2 Å². The summed E-state index contributed by atoms with van der Waals surface area (Å²) in [7, 11) is 0. The lowest BCUT2D eigenvalue weighted by molar-refractivity contribution is 0.446. The van der Waals surface area contributed by atoms with Crippen LogP contribution in [0.3, 0.4) is 0 Å². The molecule has 2 aromatic carbocycles. The molecule has 0 aromatic heterocycles. The van der Waals surface area contributed by atoms with E-state index < -0.39 is 0 Å². The number of phenols is 3. The van der Waals surface area contributed by atoms with Gasteiger partial charge in [0.05, 0.1) is 0 Å². The highest BCUT2D eigenvalue weighted by molar-refractivity contribution is 5.73. The highest BCUT2D eigenvalue weighted by atomic mass is 16.3. The van der Waals surface area contributed by atoms with Crippen molar-refractivity contribution in [3.8, 4) is 17.2 Å². The van der Waals surface area contributed by atoms with Crippen LogP contribution in [0.1, 0.15) is 57.2 Å². The number of phenolic OH excluding ortho intramolecular Hbond substituents is 3. The smallest absolute Gasteiger partial charge is 0.123 e. The van der Waals surface area contributed by atoms with Gasteiger partial charge in [0.1, 0.15) is 17.2 Å². The first-order valence-electron chi connectivity index (χ1n) is 9.57. The molecule has 0 aliphatic rings. The molecule has 0 radical (unpaired) electrons. The molecule has 2 rings (SSSR count). The Kier molecular flexibility index (Phi) is 7.51. The quantitative estimate of drug-likeness (QED) is 0.376. The first-order valence-corrected chi connectivity index (χ1v) is 9.57. The SMILES string of the molecule is CC(C)=CCC/C(C)=C(\C)Cc1c(O)cc(O)cc1C=Cc1ccc(O)cc1. The van der Waals surface area contributed by atoms with Crippen molar-refractivity contribution < 1.29 is 15.3 Å². The third-order valence-electron chi connectivity index (χ3n) is 4.84. The summed E-state index contributed by atoms with van der Waals surface area (Å²) in [4.78, 5) is 0. The molecule has 0 heterocycles. The zero-order valence-corrected chi connectivity index (χ0v) is 17.2. The fourth-order valence-electron chi connectivity index (χ4n) is 2.98. The van der Waals surface area contributed by atoms with E-state index in [0.717, 1.165) is 29.5 Å². The van der Waals surface area contributed by atoms with Crippen LogP contribution in [0.4, 0.5) is 0 Å². The number of benzene rings is 2. The molecule has 0 aliphatic carbocycles. The van der Waals surface area contributed by atoms with Gasteiger partial charge in [0.2, 0.25) is 0 Å². The van der Waals surface area contributed by atoms with E-state index >= 15 is 0 Å². The van der Waals surface area contributed by atoms with Gasteiger partial charge in [0, 0.05) is 11.6 Å². The summed E-state index contributed by atoms with van der Waals surface area (Å²) in [6.45, 7) is 8.44. The Labute approximate surface area is 168 Å². The van der Waals surface area contributed by atoms with Crippen LogP contribution in [-0.2, 0) is 6.42 Å². The fraction of sp³-hybridized carbons (Fsp3) is 0.280. The average Bonchev–Trinajstić information content (AvgIpc) is 2.63. The van der Waals surface area contributed by atoms with Gasteiger partial charge in [-0.15, -0.1) is 0 Å². The second-order valence-electron chi connectivity index (χ2n) is 7.52. The summed E-state index contributed by atoms with van der Waals surface area (Å²) < 4.78 is 0. The molecule has 148 valence electrons. The first kappa shape index (κ1) is 21.4. The molecule has 0 unspecified atom stereocenters. The summed E-state index contributed by atoms with van der Waals surface area (Å²) in [5.74, 6) is 0.354. The lowest BCUT2D eigenvalue weighted by atomic mass is 9.94. The molecular weight excluding hydrogens is 348 g/mol. The van der Waals surface area contributed by atoms with Crippen molar-refractivity contribution in [2.24, 2.45) is 0 Å². The Morgan fingerprint density at radius 1 is 0.821 bits per heavy atom. The highest BCUT2D eigenvalue weighted by Crippen LogP contribution is 2.31. The summed E-state index contributed by atoms with van der Waals surface area (Å²) in [5.41, 5.74) is 6.37. The van der Waals surface area contributed by atoms with Crippen molar-refractivity contribution in [3.63, 3.8) is 0 Å². The van der Waals surface area contributed by atoms with E-state index in [1.165, 1.54) is 22.8 Å². The van der Waals surface area contributed by atoms with E-state index in [1.807, 2.05) is 24.3 Å². The molecular formula is C25H30O3. The Hall–Kier alpha value is -2.94. The summed E-state index contributed by atoms with van der Waals surface area (Å²) in [6.07, 6.45) is 8.66. The maximum Gasteiger partial charge on any atom is 0.123 e. The number of allylic oxidation sites excluding steroid dienone is 4. The van der Waals surface area contributed by atoms with Gasteiger partial charge in [0.15, 0.2) is 0 Å². The van der Waals surface area contributed by atoms with Gasteiger partial charge in [0.25, 0.3) is 0 Å². The van der Waals surface area contributed by atoms with Crippen LogP contribution >= 0.6 is 0 Å². The van der Waals surface area contributed by atoms with Crippen LogP contribution < -0.4 is 0 Å². The lowest BCUT2D eigenvalue weighted by Gasteiger charge is -2.13. The Morgan fingerprint density at radius 3 is 2.14 bits per heavy atom. The van der Waals surface area contributed by atoms with E-state index in [9.17, 15) is 15.3 Å². The molecule has 3 heteroatoms. The molecule has 0 amide bonds. The van der Waals surface area contributed by atoms with Crippen LogP contribution in [0, 0.1) is 0 Å². The van der Waals surface area contributed by atoms with Crippen molar-refractivity contribution in [3.05, 3.63) is 75.9 Å². The number of hydrogen-bond acceptors (Lipinski definition) is 3. The van der Waals surface area contributed by atoms with Gasteiger partial charge in [-0.25, -0.2) is 0 Å². The monoisotopic (exact) mass is 378 g/mol. The second-order valence-corrected chi connectivity index (χ2v) is 7.52. The van der Waals surface area contributed by atoms with Crippen molar-refractivity contribution in [1.82, 2.24) is 0 Å². The second kappa shape index (κ2) is 9.84. The molecule has 0 atom stereocenters. The van der Waals surface area contributed by atoms with Gasteiger partial charge >= 0.3 is 0 Å². The maximum absolute atomic E-state index is 10.4. The Morgan fingerprint density at radius 2 is 1.50 bits per heavy atom. The molecule has 3 nitrogen and oxygen atoms in total. The molecule has 0 fully saturated rings. The molecule has 0 bridgehead atoms. The van der Waals surface area contributed by atoms with E-state index in [0.29, 0.717) is 6.42 Å². The largest absolute Gasteiger partial charge is 0.508 e. The Bertz CT molecular complexity index is 896. The zero-order valence-electron chi connectivity index (χ0n) is 17.2. The normalized spacial score (nSPS) is 12.1. The van der Waals surface area contributed by atoms with Gasteiger partial charge in [-0.05, 0) is 76.3 Å². The van der Waals surface area contributed by atoms with E-state index in [4.69, 9.17) is 0 Å². The number of rotatable bonds is 7. The van der Waals surface area contributed by atoms with Crippen molar-refractivity contribution in [1.29, 1.82) is 0 Å². The summed E-state index contributed by atoms with van der Waals surface area (Å²) >= 11 is 0. The van der Waals surface area contributed by atoms with Gasteiger partial charge in [-0.3, -0.25) is 0 Å². The minimum atomic E-state index is 0.0357. The molecule has 2 aromatic rings. The third kappa shape index (κ3) is 6.34. The van der Waals surface area contributed by atoms with Crippen LogP contribution in [0.25, 0.3) is 12.2 Å². The maximum atomic E-state index is 10.4. The molecule has 28 heavy (non-hydrogen) atoms.